The summed E-state index contributed by atoms with van der Waals surface area (Å²) in [6.07, 6.45) is -0.929. The van der Waals surface area contributed by atoms with Crippen molar-refractivity contribution >= 4 is 33.4 Å². The first-order chi connectivity index (χ1) is 8.99. The number of halogens is 1. The van der Waals surface area contributed by atoms with Crippen LogP contribution in [0.2, 0.25) is 0 Å². The third kappa shape index (κ3) is 2.95. The van der Waals surface area contributed by atoms with Gasteiger partial charge in [0.1, 0.15) is 0 Å². The van der Waals surface area contributed by atoms with E-state index in [0.717, 1.165) is 5.69 Å². The first-order valence-electron chi connectivity index (χ1n) is 5.66. The molecular formula is C11H12BrN3O4. The summed E-state index contributed by atoms with van der Waals surface area (Å²) in [5, 5.41) is 19.7. The molecule has 1 aliphatic heterocycles. The van der Waals surface area contributed by atoms with E-state index in [1.807, 2.05) is 4.90 Å². The Labute approximate surface area is 117 Å². The number of carboxylic acid groups (broad SMARTS) is 1. The number of nitro groups is 1. The van der Waals surface area contributed by atoms with Crippen molar-refractivity contribution in [3.63, 3.8) is 0 Å². The Hall–Kier alpha value is -1.83. The molecule has 0 saturated carbocycles. The van der Waals surface area contributed by atoms with Crippen LogP contribution in [0.25, 0.3) is 0 Å². The number of hydrogen-bond acceptors (Lipinski definition) is 4. The Morgan fingerprint density at radius 2 is 1.95 bits per heavy atom. The molecule has 0 aromatic heterocycles. The van der Waals surface area contributed by atoms with Crippen LogP contribution in [0.5, 0.6) is 0 Å². The second kappa shape index (κ2) is 5.43. The van der Waals surface area contributed by atoms with Crippen LogP contribution in [0.4, 0.5) is 16.2 Å². The predicted octanol–water partition coefficient (Wildman–Crippen LogP) is 2.16. The number of benzene rings is 1. The first kappa shape index (κ1) is 13.6. The predicted molar refractivity (Wildman–Crippen MR) is 72.6 cm³/mol. The quantitative estimate of drug-likeness (QED) is 0.663. The van der Waals surface area contributed by atoms with Crippen molar-refractivity contribution in [1.82, 2.24) is 4.90 Å². The Morgan fingerprint density at radius 3 is 2.47 bits per heavy atom. The molecule has 1 aromatic carbocycles. The van der Waals surface area contributed by atoms with Gasteiger partial charge >= 0.3 is 6.09 Å². The van der Waals surface area contributed by atoms with Crippen molar-refractivity contribution in [2.45, 2.75) is 0 Å². The molecule has 102 valence electrons. The molecule has 1 aliphatic rings. The zero-order valence-electron chi connectivity index (χ0n) is 9.95. The minimum atomic E-state index is -0.929. The smallest absolute Gasteiger partial charge is 0.407 e. The van der Waals surface area contributed by atoms with E-state index in [2.05, 4.69) is 15.9 Å². The molecule has 19 heavy (non-hydrogen) atoms. The monoisotopic (exact) mass is 329 g/mol. The molecule has 1 N–H and O–H groups in total. The van der Waals surface area contributed by atoms with Gasteiger partial charge in [-0.1, -0.05) is 0 Å². The highest BCUT2D eigenvalue weighted by Gasteiger charge is 2.22. The van der Waals surface area contributed by atoms with Gasteiger partial charge < -0.3 is 14.9 Å². The van der Waals surface area contributed by atoms with E-state index in [-0.39, 0.29) is 5.69 Å². The molecule has 2 rings (SSSR count). The minimum Gasteiger partial charge on any atom is -0.465 e. The largest absolute Gasteiger partial charge is 0.465 e. The summed E-state index contributed by atoms with van der Waals surface area (Å²) in [5.74, 6) is 0. The van der Waals surface area contributed by atoms with Gasteiger partial charge in [0.25, 0.3) is 5.69 Å². The van der Waals surface area contributed by atoms with Crippen LogP contribution in [-0.4, -0.2) is 47.2 Å². The summed E-state index contributed by atoms with van der Waals surface area (Å²) in [5.41, 5.74) is 0.748. The number of amides is 1. The van der Waals surface area contributed by atoms with E-state index < -0.39 is 11.0 Å². The van der Waals surface area contributed by atoms with Crippen LogP contribution >= 0.6 is 15.9 Å². The standard InChI is InChI=1S/C11H12BrN3O4/c12-9-2-1-8(7-10(9)15(18)19)13-3-5-14(6-4-13)11(16)17/h1-2,7H,3-6H2,(H,16,17). The van der Waals surface area contributed by atoms with Crippen LogP contribution in [0.3, 0.4) is 0 Å². The zero-order valence-corrected chi connectivity index (χ0v) is 11.5. The third-order valence-corrected chi connectivity index (χ3v) is 3.71. The minimum absolute atomic E-state index is 0.0122. The summed E-state index contributed by atoms with van der Waals surface area (Å²) in [6, 6.07) is 4.92. The van der Waals surface area contributed by atoms with E-state index in [0.29, 0.717) is 30.7 Å². The van der Waals surface area contributed by atoms with Crippen molar-refractivity contribution in [3.8, 4) is 0 Å². The first-order valence-corrected chi connectivity index (χ1v) is 6.45. The number of nitrogens with zero attached hydrogens (tertiary/aromatic N) is 3. The van der Waals surface area contributed by atoms with Crippen LogP contribution in [0, 0.1) is 10.1 Å². The zero-order chi connectivity index (χ0) is 14.0. The number of piperazine rings is 1. The average Bonchev–Trinajstić information content (AvgIpc) is 2.39. The average molecular weight is 330 g/mol. The van der Waals surface area contributed by atoms with Gasteiger partial charge in [-0.25, -0.2) is 4.79 Å². The van der Waals surface area contributed by atoms with Crippen molar-refractivity contribution < 1.29 is 14.8 Å². The molecule has 1 heterocycles. The third-order valence-electron chi connectivity index (χ3n) is 3.04. The summed E-state index contributed by atoms with van der Waals surface area (Å²) in [6.45, 7) is 1.87. The Balaban J connectivity index is 2.14. The number of nitro benzene ring substituents is 1. The highest BCUT2D eigenvalue weighted by molar-refractivity contribution is 9.10. The Bertz CT molecular complexity index is 515. The van der Waals surface area contributed by atoms with Gasteiger partial charge in [-0.3, -0.25) is 10.1 Å². The van der Waals surface area contributed by atoms with Gasteiger partial charge in [0, 0.05) is 37.9 Å². The molecule has 7 nitrogen and oxygen atoms in total. The number of hydrogen-bond donors (Lipinski definition) is 1. The molecule has 8 heteroatoms. The molecule has 0 atom stereocenters. The van der Waals surface area contributed by atoms with Gasteiger partial charge in [0.15, 0.2) is 0 Å². The van der Waals surface area contributed by atoms with Crippen LogP contribution < -0.4 is 4.90 Å². The summed E-state index contributed by atoms with van der Waals surface area (Å²) < 4.78 is 0.436. The van der Waals surface area contributed by atoms with Gasteiger partial charge in [-0.2, -0.15) is 0 Å². The summed E-state index contributed by atoms with van der Waals surface area (Å²) in [4.78, 5) is 24.5. The Morgan fingerprint density at radius 1 is 1.32 bits per heavy atom. The molecular weight excluding hydrogens is 318 g/mol. The lowest BCUT2D eigenvalue weighted by Gasteiger charge is -2.34. The normalized spacial score (nSPS) is 15.4. The molecule has 1 fully saturated rings. The van der Waals surface area contributed by atoms with Gasteiger partial charge in [0.2, 0.25) is 0 Å². The van der Waals surface area contributed by atoms with Crippen LogP contribution in [-0.2, 0) is 0 Å². The lowest BCUT2D eigenvalue weighted by molar-refractivity contribution is -0.385. The Kier molecular flexibility index (Phi) is 3.89. The fraction of sp³-hybridized carbons (Fsp3) is 0.364. The lowest BCUT2D eigenvalue weighted by atomic mass is 10.2. The van der Waals surface area contributed by atoms with Crippen molar-refractivity contribution in [3.05, 3.63) is 32.8 Å². The van der Waals surface area contributed by atoms with Gasteiger partial charge in [0.05, 0.1) is 9.40 Å². The molecule has 0 radical (unpaired) electrons. The summed E-state index contributed by atoms with van der Waals surface area (Å²) >= 11 is 3.14. The maximum Gasteiger partial charge on any atom is 0.407 e. The van der Waals surface area contributed by atoms with E-state index in [1.165, 1.54) is 11.0 Å². The number of carbonyl (C=O) groups is 1. The molecule has 1 saturated heterocycles. The lowest BCUT2D eigenvalue weighted by Crippen LogP contribution is -2.48. The van der Waals surface area contributed by atoms with E-state index >= 15 is 0 Å². The van der Waals surface area contributed by atoms with E-state index in [4.69, 9.17) is 5.11 Å². The molecule has 1 aromatic rings. The second-order valence-electron chi connectivity index (χ2n) is 4.15. The van der Waals surface area contributed by atoms with Gasteiger partial charge in [-0.05, 0) is 28.1 Å². The highest BCUT2D eigenvalue weighted by atomic mass is 79.9. The SMILES string of the molecule is O=C(O)N1CCN(c2ccc(Br)c([N+](=O)[O-])c2)CC1. The van der Waals surface area contributed by atoms with Crippen molar-refractivity contribution in [2.75, 3.05) is 31.1 Å². The van der Waals surface area contributed by atoms with Gasteiger partial charge in [-0.15, -0.1) is 0 Å². The fourth-order valence-corrected chi connectivity index (χ4v) is 2.39. The second-order valence-corrected chi connectivity index (χ2v) is 5.00. The molecule has 0 bridgehead atoms. The van der Waals surface area contributed by atoms with E-state index in [9.17, 15) is 14.9 Å². The number of anilines is 1. The van der Waals surface area contributed by atoms with E-state index in [1.54, 1.807) is 12.1 Å². The maximum absolute atomic E-state index is 10.9. The summed E-state index contributed by atoms with van der Waals surface area (Å²) in [7, 11) is 0. The van der Waals surface area contributed by atoms with Crippen LogP contribution in [0.15, 0.2) is 22.7 Å². The highest BCUT2D eigenvalue weighted by Crippen LogP contribution is 2.30. The topological polar surface area (TPSA) is 86.9 Å². The molecule has 0 spiro atoms. The molecule has 1 amide bonds. The van der Waals surface area contributed by atoms with Crippen molar-refractivity contribution in [2.24, 2.45) is 0 Å². The molecule has 0 aliphatic carbocycles. The molecule has 0 unspecified atom stereocenters. The fourth-order valence-electron chi connectivity index (χ4n) is 1.99. The van der Waals surface area contributed by atoms with Crippen LogP contribution in [0.1, 0.15) is 0 Å². The van der Waals surface area contributed by atoms with Crippen molar-refractivity contribution in [1.29, 1.82) is 0 Å². The number of rotatable bonds is 2. The maximum atomic E-state index is 10.9.